The number of carboxylic acids is 1. The van der Waals surface area contributed by atoms with E-state index in [0.29, 0.717) is 5.82 Å². The lowest BCUT2D eigenvalue weighted by Gasteiger charge is -2.15. The zero-order chi connectivity index (χ0) is 20.9. The van der Waals surface area contributed by atoms with E-state index in [-0.39, 0.29) is 11.5 Å². The Balaban J connectivity index is 2.22. The van der Waals surface area contributed by atoms with Crippen molar-refractivity contribution in [2.24, 2.45) is 0 Å². The van der Waals surface area contributed by atoms with Crippen molar-refractivity contribution in [2.75, 3.05) is 0 Å². The van der Waals surface area contributed by atoms with Crippen molar-refractivity contribution >= 4 is 11.5 Å². The second-order valence-corrected chi connectivity index (χ2v) is 7.62. The van der Waals surface area contributed by atoms with Gasteiger partial charge in [-0.2, -0.15) is 0 Å². The lowest BCUT2D eigenvalue weighted by atomic mass is 9.91. The topological polar surface area (TPSA) is 63.1 Å². The predicted octanol–water partition coefficient (Wildman–Crippen LogP) is 6.43. The van der Waals surface area contributed by atoms with E-state index in [9.17, 15) is 9.90 Å². The van der Waals surface area contributed by atoms with E-state index in [4.69, 9.17) is 0 Å². The summed E-state index contributed by atoms with van der Waals surface area (Å²) in [5.74, 6) is -0.628. The molecule has 4 heteroatoms. The standard InChI is InChI=1S/C25H34N2O2/c1-3-5-7-10-16-22(21-14-11-8-12-15-21)17-23(25(28)29)24-26-18-20(19-27-24)13-9-6-4-2/h8,11-12,14-15,17-19,22H,3-7,9-10,13,16H2,1-2H3,(H,28,29)/b23-17+. The number of aliphatic carboxylic acids is 1. The molecule has 0 bridgehead atoms. The van der Waals surface area contributed by atoms with Crippen LogP contribution in [0.25, 0.3) is 5.57 Å². The van der Waals surface area contributed by atoms with E-state index >= 15 is 0 Å². The smallest absolute Gasteiger partial charge is 0.339 e. The van der Waals surface area contributed by atoms with Crippen LogP contribution in [0.2, 0.25) is 0 Å². The molecular formula is C25H34N2O2. The van der Waals surface area contributed by atoms with Gasteiger partial charge in [0.2, 0.25) is 0 Å². The molecule has 0 saturated carbocycles. The van der Waals surface area contributed by atoms with E-state index in [1.54, 1.807) is 12.4 Å². The first-order valence-corrected chi connectivity index (χ1v) is 11.0. The van der Waals surface area contributed by atoms with Crippen molar-refractivity contribution in [2.45, 2.75) is 77.6 Å². The highest BCUT2D eigenvalue weighted by atomic mass is 16.4. The number of carbonyl (C=O) groups is 1. The molecule has 0 fully saturated rings. The maximum absolute atomic E-state index is 12.0. The molecule has 0 aliphatic heterocycles. The Morgan fingerprint density at radius 3 is 2.24 bits per heavy atom. The fraction of sp³-hybridized carbons (Fsp3) is 0.480. The Hall–Kier alpha value is -2.49. The van der Waals surface area contributed by atoms with Gasteiger partial charge in [0.25, 0.3) is 0 Å². The van der Waals surface area contributed by atoms with Gasteiger partial charge in [-0.1, -0.05) is 88.8 Å². The zero-order valence-electron chi connectivity index (χ0n) is 17.8. The minimum atomic E-state index is -0.974. The average molecular weight is 395 g/mol. The van der Waals surface area contributed by atoms with E-state index in [0.717, 1.165) is 36.8 Å². The van der Waals surface area contributed by atoms with E-state index in [1.165, 1.54) is 32.1 Å². The SMILES string of the molecule is CCCCCCC(/C=C(/C(=O)O)c1ncc(CCCCC)cn1)c1ccccc1. The number of carboxylic acid groups (broad SMARTS) is 1. The molecule has 0 amide bonds. The number of benzene rings is 1. The van der Waals surface area contributed by atoms with Crippen molar-refractivity contribution in [3.63, 3.8) is 0 Å². The zero-order valence-corrected chi connectivity index (χ0v) is 17.8. The molecule has 4 nitrogen and oxygen atoms in total. The molecule has 2 rings (SSSR count). The Labute approximate surface area is 175 Å². The maximum Gasteiger partial charge on any atom is 0.339 e. The molecule has 0 saturated heterocycles. The predicted molar refractivity (Wildman–Crippen MR) is 119 cm³/mol. The molecule has 0 radical (unpaired) electrons. The lowest BCUT2D eigenvalue weighted by Crippen LogP contribution is -2.07. The number of hydrogen-bond donors (Lipinski definition) is 1. The molecule has 0 aliphatic carbocycles. The van der Waals surface area contributed by atoms with Gasteiger partial charge >= 0.3 is 5.97 Å². The summed E-state index contributed by atoms with van der Waals surface area (Å²) >= 11 is 0. The molecule has 0 spiro atoms. The summed E-state index contributed by atoms with van der Waals surface area (Å²) < 4.78 is 0. The number of hydrogen-bond acceptors (Lipinski definition) is 3. The van der Waals surface area contributed by atoms with Crippen LogP contribution >= 0.6 is 0 Å². The van der Waals surface area contributed by atoms with E-state index in [1.807, 2.05) is 24.3 Å². The molecule has 1 atom stereocenters. The molecule has 1 heterocycles. The van der Waals surface area contributed by atoms with Gasteiger partial charge in [-0.05, 0) is 30.4 Å². The molecular weight excluding hydrogens is 360 g/mol. The number of allylic oxidation sites excluding steroid dienone is 1. The third-order valence-corrected chi connectivity index (χ3v) is 5.21. The maximum atomic E-state index is 12.0. The second-order valence-electron chi connectivity index (χ2n) is 7.62. The molecule has 1 unspecified atom stereocenters. The number of aromatic nitrogens is 2. The highest BCUT2D eigenvalue weighted by molar-refractivity contribution is 6.14. The Morgan fingerprint density at radius 2 is 1.62 bits per heavy atom. The van der Waals surface area contributed by atoms with Crippen LogP contribution in [0, 0.1) is 0 Å². The van der Waals surface area contributed by atoms with Gasteiger partial charge in [0.05, 0.1) is 0 Å². The first-order chi connectivity index (χ1) is 14.2. The first-order valence-electron chi connectivity index (χ1n) is 11.0. The summed E-state index contributed by atoms with van der Waals surface area (Å²) in [6.45, 7) is 4.37. The number of rotatable bonds is 13. The van der Waals surface area contributed by atoms with Crippen LogP contribution in [0.1, 0.15) is 88.1 Å². The summed E-state index contributed by atoms with van der Waals surface area (Å²) in [4.78, 5) is 20.7. The molecule has 1 aromatic heterocycles. The number of unbranched alkanes of at least 4 members (excludes halogenated alkanes) is 5. The van der Waals surface area contributed by atoms with Gasteiger partial charge in [0.1, 0.15) is 5.57 Å². The molecule has 2 aromatic rings. The number of nitrogens with zero attached hydrogens (tertiary/aromatic N) is 2. The summed E-state index contributed by atoms with van der Waals surface area (Å²) in [5, 5.41) is 9.83. The van der Waals surface area contributed by atoms with Gasteiger partial charge in [-0.3, -0.25) is 0 Å². The minimum Gasteiger partial charge on any atom is -0.478 e. The van der Waals surface area contributed by atoms with Crippen LogP contribution in [0.15, 0.2) is 48.8 Å². The van der Waals surface area contributed by atoms with Crippen molar-refractivity contribution < 1.29 is 9.90 Å². The van der Waals surface area contributed by atoms with Crippen molar-refractivity contribution in [3.8, 4) is 0 Å². The summed E-state index contributed by atoms with van der Waals surface area (Å²) in [6.07, 6.45) is 15.3. The van der Waals surface area contributed by atoms with Gasteiger partial charge in [-0.25, -0.2) is 14.8 Å². The fourth-order valence-corrected chi connectivity index (χ4v) is 3.48. The van der Waals surface area contributed by atoms with Gasteiger partial charge in [0.15, 0.2) is 5.82 Å². The Bertz CT molecular complexity index is 754. The summed E-state index contributed by atoms with van der Waals surface area (Å²) in [7, 11) is 0. The van der Waals surface area contributed by atoms with Gasteiger partial charge in [-0.15, -0.1) is 0 Å². The second kappa shape index (κ2) is 12.9. The normalized spacial score (nSPS) is 12.7. The molecule has 1 N–H and O–H groups in total. The quantitative estimate of drug-likeness (QED) is 0.314. The number of aryl methyl sites for hydroxylation is 1. The third kappa shape index (κ3) is 7.80. The molecule has 156 valence electrons. The van der Waals surface area contributed by atoms with E-state index in [2.05, 4.69) is 35.9 Å². The molecule has 1 aromatic carbocycles. The van der Waals surface area contributed by atoms with Crippen LogP contribution in [0.4, 0.5) is 0 Å². The lowest BCUT2D eigenvalue weighted by molar-refractivity contribution is -0.130. The minimum absolute atomic E-state index is 0.0481. The van der Waals surface area contributed by atoms with Gasteiger partial charge < -0.3 is 5.11 Å². The largest absolute Gasteiger partial charge is 0.478 e. The van der Waals surface area contributed by atoms with Crippen LogP contribution in [0.5, 0.6) is 0 Å². The molecule has 29 heavy (non-hydrogen) atoms. The average Bonchev–Trinajstić information content (AvgIpc) is 2.74. The van der Waals surface area contributed by atoms with Crippen molar-refractivity contribution in [1.29, 1.82) is 0 Å². The van der Waals surface area contributed by atoms with E-state index < -0.39 is 5.97 Å². The highest BCUT2D eigenvalue weighted by Gasteiger charge is 2.18. The highest BCUT2D eigenvalue weighted by Crippen LogP contribution is 2.27. The van der Waals surface area contributed by atoms with Crippen LogP contribution < -0.4 is 0 Å². The Kier molecular flexibility index (Phi) is 10.1. The summed E-state index contributed by atoms with van der Waals surface area (Å²) in [5.41, 5.74) is 2.39. The first kappa shape index (κ1) is 22.8. The van der Waals surface area contributed by atoms with Gasteiger partial charge in [0, 0.05) is 18.3 Å². The van der Waals surface area contributed by atoms with Crippen LogP contribution in [0.3, 0.4) is 0 Å². The van der Waals surface area contributed by atoms with Crippen molar-refractivity contribution in [3.05, 3.63) is 65.8 Å². The monoisotopic (exact) mass is 394 g/mol. The fourth-order valence-electron chi connectivity index (χ4n) is 3.48. The van der Waals surface area contributed by atoms with Crippen LogP contribution in [-0.2, 0) is 11.2 Å². The third-order valence-electron chi connectivity index (χ3n) is 5.21. The van der Waals surface area contributed by atoms with Crippen molar-refractivity contribution in [1.82, 2.24) is 9.97 Å². The molecule has 0 aliphatic rings. The van der Waals surface area contributed by atoms with Crippen LogP contribution in [-0.4, -0.2) is 21.0 Å². The Morgan fingerprint density at radius 1 is 0.966 bits per heavy atom. The summed E-state index contributed by atoms with van der Waals surface area (Å²) in [6, 6.07) is 10.1.